The van der Waals surface area contributed by atoms with E-state index in [1.54, 1.807) is 0 Å². The Morgan fingerprint density at radius 2 is 2.12 bits per heavy atom. The van der Waals surface area contributed by atoms with Gasteiger partial charge >= 0.3 is 0 Å². The highest BCUT2D eigenvalue weighted by Crippen LogP contribution is 2.24. The third kappa shape index (κ3) is 2.30. The summed E-state index contributed by atoms with van der Waals surface area (Å²) in [5, 5.41) is 1.28. The highest BCUT2D eigenvalue weighted by molar-refractivity contribution is 7.99. The first kappa shape index (κ1) is 11.3. The zero-order valence-corrected chi connectivity index (χ0v) is 10.5. The zero-order chi connectivity index (χ0) is 11.4. The molecule has 0 aliphatic rings. The van der Waals surface area contributed by atoms with Gasteiger partial charge in [-0.15, -0.1) is 11.8 Å². The van der Waals surface area contributed by atoms with Crippen LogP contribution in [0.15, 0.2) is 41.6 Å². The van der Waals surface area contributed by atoms with E-state index < -0.39 is 0 Å². The number of hydrogen-bond donors (Lipinski definition) is 0. The summed E-state index contributed by atoms with van der Waals surface area (Å²) in [6, 6.07) is 10.3. The summed E-state index contributed by atoms with van der Waals surface area (Å²) in [6.45, 7) is 4.32. The van der Waals surface area contributed by atoms with E-state index in [2.05, 4.69) is 35.5 Å². The second-order valence-corrected chi connectivity index (χ2v) is 4.80. The molecule has 0 spiro atoms. The average molecular weight is 232 g/mol. The number of thioether (sulfide) groups is 1. The van der Waals surface area contributed by atoms with Crippen LogP contribution >= 0.6 is 11.8 Å². The number of hydrogen-bond acceptors (Lipinski definition) is 2. The van der Waals surface area contributed by atoms with E-state index in [1.165, 1.54) is 17.1 Å². The predicted octanol–water partition coefficient (Wildman–Crippen LogP) is 3.68. The largest absolute Gasteiger partial charge is 0.293 e. The summed E-state index contributed by atoms with van der Waals surface area (Å²) in [7, 11) is 0. The van der Waals surface area contributed by atoms with Gasteiger partial charge in [0.15, 0.2) is 0 Å². The summed E-state index contributed by atoms with van der Waals surface area (Å²) >= 11 is 1.89. The monoisotopic (exact) mass is 232 g/mol. The molecule has 16 heavy (non-hydrogen) atoms. The molecule has 2 rings (SSSR count). The van der Waals surface area contributed by atoms with Gasteiger partial charge < -0.3 is 0 Å². The molecule has 0 aliphatic heterocycles. The molecule has 2 aromatic rings. The van der Waals surface area contributed by atoms with E-state index in [9.17, 15) is 0 Å². The van der Waals surface area contributed by atoms with E-state index in [0.717, 1.165) is 11.6 Å². The summed E-state index contributed by atoms with van der Waals surface area (Å²) in [5.41, 5.74) is 1.23. The summed E-state index contributed by atoms with van der Waals surface area (Å²) in [6.07, 6.45) is 3.03. The fourth-order valence-corrected chi connectivity index (χ4v) is 2.56. The van der Waals surface area contributed by atoms with Gasteiger partial charge in [0.1, 0.15) is 5.82 Å². The topological polar surface area (TPSA) is 17.8 Å². The van der Waals surface area contributed by atoms with Crippen molar-refractivity contribution >= 4 is 11.8 Å². The number of rotatable bonds is 4. The minimum absolute atomic E-state index is 1.00. The lowest BCUT2D eigenvalue weighted by Crippen LogP contribution is -2.00. The van der Waals surface area contributed by atoms with Crippen molar-refractivity contribution in [3.8, 4) is 5.82 Å². The molecule has 2 heterocycles. The normalized spacial score (nSPS) is 10.6. The van der Waals surface area contributed by atoms with Crippen LogP contribution in [0, 0.1) is 6.92 Å². The molecule has 2 nitrogen and oxygen atoms in total. The molecule has 0 aromatic carbocycles. The maximum atomic E-state index is 4.40. The second-order valence-electron chi connectivity index (χ2n) is 3.68. The van der Waals surface area contributed by atoms with Crippen molar-refractivity contribution in [1.82, 2.24) is 9.55 Å². The Bertz CT molecular complexity index is 448. The van der Waals surface area contributed by atoms with Crippen molar-refractivity contribution in [1.29, 1.82) is 0 Å². The predicted molar refractivity (Wildman–Crippen MR) is 69.3 cm³/mol. The molecule has 0 atom stereocenters. The molecule has 3 heteroatoms. The Hall–Kier alpha value is -1.22. The van der Waals surface area contributed by atoms with Gasteiger partial charge in [-0.05, 0) is 43.4 Å². The summed E-state index contributed by atoms with van der Waals surface area (Å²) in [5.74, 6) is 2.15. The lowest BCUT2D eigenvalue weighted by molar-refractivity contribution is 0.874. The van der Waals surface area contributed by atoms with E-state index in [1.807, 2.05) is 36.2 Å². The van der Waals surface area contributed by atoms with E-state index in [4.69, 9.17) is 0 Å². The van der Waals surface area contributed by atoms with Gasteiger partial charge in [0, 0.05) is 11.9 Å². The van der Waals surface area contributed by atoms with E-state index in [0.29, 0.717) is 0 Å². The number of pyridine rings is 1. The quantitative estimate of drug-likeness (QED) is 0.748. The lowest BCUT2D eigenvalue weighted by atomic mass is 10.4. The van der Waals surface area contributed by atoms with Gasteiger partial charge in [-0.3, -0.25) is 4.57 Å². The Morgan fingerprint density at radius 1 is 1.25 bits per heavy atom. The summed E-state index contributed by atoms with van der Waals surface area (Å²) < 4.78 is 2.21. The lowest BCUT2D eigenvalue weighted by Gasteiger charge is -2.09. The van der Waals surface area contributed by atoms with Gasteiger partial charge in [0.25, 0.3) is 0 Å². The molecule has 84 valence electrons. The maximum absolute atomic E-state index is 4.40. The number of nitrogens with zero attached hydrogens (tertiary/aromatic N) is 2. The average Bonchev–Trinajstić information content (AvgIpc) is 2.69. The van der Waals surface area contributed by atoms with Gasteiger partial charge in [-0.1, -0.05) is 13.0 Å². The number of aromatic nitrogens is 2. The minimum atomic E-state index is 1.00. The molecule has 0 saturated carbocycles. The summed E-state index contributed by atoms with van der Waals surface area (Å²) in [4.78, 5) is 4.40. The standard InChI is InChI=1S/C13H16N2S/c1-3-10-16-13-8-7-11(2)15(13)12-6-4-5-9-14-12/h4-9H,3,10H2,1-2H3. The van der Waals surface area contributed by atoms with Gasteiger partial charge in [-0.25, -0.2) is 4.98 Å². The number of aryl methyl sites for hydroxylation is 1. The fraction of sp³-hybridized carbons (Fsp3) is 0.308. The first-order valence-electron chi connectivity index (χ1n) is 5.55. The third-order valence-corrected chi connectivity index (χ3v) is 3.60. The Kier molecular flexibility index (Phi) is 3.67. The van der Waals surface area contributed by atoms with Crippen LogP contribution in [-0.4, -0.2) is 15.3 Å². The van der Waals surface area contributed by atoms with Crippen molar-refractivity contribution < 1.29 is 0 Å². The highest BCUT2D eigenvalue weighted by atomic mass is 32.2. The molecule has 0 amide bonds. The molecule has 0 unspecified atom stereocenters. The Balaban J connectivity index is 2.35. The second kappa shape index (κ2) is 5.21. The van der Waals surface area contributed by atoms with Crippen molar-refractivity contribution in [2.45, 2.75) is 25.3 Å². The van der Waals surface area contributed by atoms with Crippen LogP contribution < -0.4 is 0 Å². The van der Waals surface area contributed by atoms with Crippen molar-refractivity contribution in [2.75, 3.05) is 5.75 Å². The molecule has 0 fully saturated rings. The van der Waals surface area contributed by atoms with Crippen LogP contribution in [0.5, 0.6) is 0 Å². The van der Waals surface area contributed by atoms with Gasteiger partial charge in [0.2, 0.25) is 0 Å². The van der Waals surface area contributed by atoms with Gasteiger partial charge in [0.05, 0.1) is 5.03 Å². The van der Waals surface area contributed by atoms with Crippen molar-refractivity contribution in [2.24, 2.45) is 0 Å². The third-order valence-electron chi connectivity index (χ3n) is 2.37. The van der Waals surface area contributed by atoms with Crippen molar-refractivity contribution in [3.05, 3.63) is 42.2 Å². The van der Waals surface area contributed by atoms with Crippen LogP contribution in [0.3, 0.4) is 0 Å². The van der Waals surface area contributed by atoms with Crippen molar-refractivity contribution in [3.63, 3.8) is 0 Å². The van der Waals surface area contributed by atoms with Crippen LogP contribution in [0.1, 0.15) is 19.0 Å². The molecule has 0 saturated heterocycles. The molecular formula is C13H16N2S. The molecule has 0 aliphatic carbocycles. The Morgan fingerprint density at radius 3 is 2.81 bits per heavy atom. The highest BCUT2D eigenvalue weighted by Gasteiger charge is 2.07. The van der Waals surface area contributed by atoms with Crippen LogP contribution in [0.25, 0.3) is 5.82 Å². The van der Waals surface area contributed by atoms with E-state index >= 15 is 0 Å². The molecule has 0 radical (unpaired) electrons. The van der Waals surface area contributed by atoms with Crippen LogP contribution in [0.2, 0.25) is 0 Å². The SMILES string of the molecule is CCCSc1ccc(C)n1-c1ccccn1. The van der Waals surface area contributed by atoms with Crippen LogP contribution in [-0.2, 0) is 0 Å². The van der Waals surface area contributed by atoms with E-state index in [-0.39, 0.29) is 0 Å². The first-order valence-corrected chi connectivity index (χ1v) is 6.54. The molecule has 0 bridgehead atoms. The maximum Gasteiger partial charge on any atom is 0.137 e. The molecular weight excluding hydrogens is 216 g/mol. The first-order chi connectivity index (χ1) is 7.83. The van der Waals surface area contributed by atoms with Crippen LogP contribution in [0.4, 0.5) is 0 Å². The smallest absolute Gasteiger partial charge is 0.137 e. The minimum Gasteiger partial charge on any atom is -0.293 e. The fourth-order valence-electron chi connectivity index (χ4n) is 1.61. The van der Waals surface area contributed by atoms with Gasteiger partial charge in [-0.2, -0.15) is 0 Å². The Labute approximate surface area is 101 Å². The zero-order valence-electron chi connectivity index (χ0n) is 9.68. The molecule has 2 aromatic heterocycles. The molecule has 0 N–H and O–H groups in total.